The smallest absolute Gasteiger partial charge is 0.101 e. The van der Waals surface area contributed by atoms with Crippen LogP contribution < -0.4 is 11.1 Å². The van der Waals surface area contributed by atoms with Crippen molar-refractivity contribution in [2.75, 3.05) is 17.6 Å². The molecule has 0 spiro atoms. The normalized spacial score (nSPS) is 9.00. The number of nitrogens with zero attached hydrogens (tertiary/aromatic N) is 1. The Kier molecular flexibility index (Phi) is 2.54. The van der Waals surface area contributed by atoms with Gasteiger partial charge < -0.3 is 11.1 Å². The molecule has 0 aromatic heterocycles. The Labute approximate surface area is 71.8 Å². The maximum absolute atomic E-state index is 8.72. The van der Waals surface area contributed by atoms with Gasteiger partial charge in [0.2, 0.25) is 0 Å². The van der Waals surface area contributed by atoms with Crippen LogP contribution in [0.15, 0.2) is 18.2 Å². The zero-order valence-electron chi connectivity index (χ0n) is 6.96. The van der Waals surface area contributed by atoms with Crippen molar-refractivity contribution < 1.29 is 0 Å². The van der Waals surface area contributed by atoms with E-state index >= 15 is 0 Å². The van der Waals surface area contributed by atoms with Crippen molar-refractivity contribution in [1.29, 1.82) is 5.26 Å². The number of nitrogen functional groups attached to an aromatic ring is 1. The fourth-order valence-electron chi connectivity index (χ4n) is 0.999. The van der Waals surface area contributed by atoms with Crippen molar-refractivity contribution >= 4 is 11.4 Å². The lowest BCUT2D eigenvalue weighted by molar-refractivity contribution is 1.21. The molecule has 0 fully saturated rings. The van der Waals surface area contributed by atoms with Crippen LogP contribution in [0.4, 0.5) is 11.4 Å². The van der Waals surface area contributed by atoms with E-state index in [1.54, 1.807) is 12.1 Å². The Morgan fingerprint density at radius 3 is 2.92 bits per heavy atom. The van der Waals surface area contributed by atoms with Crippen LogP contribution in [0, 0.1) is 11.3 Å². The van der Waals surface area contributed by atoms with Gasteiger partial charge in [0.05, 0.1) is 11.3 Å². The number of anilines is 2. The lowest BCUT2D eigenvalue weighted by atomic mass is 10.2. The number of nitrogens with one attached hydrogen (secondary N) is 1. The third kappa shape index (κ3) is 1.67. The molecular formula is C9H11N3. The highest BCUT2D eigenvalue weighted by Crippen LogP contribution is 2.17. The van der Waals surface area contributed by atoms with E-state index < -0.39 is 0 Å². The molecule has 62 valence electrons. The van der Waals surface area contributed by atoms with Crippen molar-refractivity contribution in [2.45, 2.75) is 6.92 Å². The van der Waals surface area contributed by atoms with Crippen LogP contribution in [0.1, 0.15) is 12.5 Å². The van der Waals surface area contributed by atoms with Gasteiger partial charge >= 0.3 is 0 Å². The largest absolute Gasteiger partial charge is 0.399 e. The maximum Gasteiger partial charge on any atom is 0.101 e. The van der Waals surface area contributed by atoms with Gasteiger partial charge in [-0.3, -0.25) is 0 Å². The molecule has 1 aromatic carbocycles. The summed E-state index contributed by atoms with van der Waals surface area (Å²) in [6, 6.07) is 7.34. The summed E-state index contributed by atoms with van der Waals surface area (Å²) in [5, 5.41) is 11.8. The molecule has 3 nitrogen and oxygen atoms in total. The first-order valence-electron chi connectivity index (χ1n) is 3.81. The van der Waals surface area contributed by atoms with Crippen molar-refractivity contribution in [1.82, 2.24) is 0 Å². The van der Waals surface area contributed by atoms with E-state index in [2.05, 4.69) is 11.4 Å². The van der Waals surface area contributed by atoms with Gasteiger partial charge in [0.1, 0.15) is 6.07 Å². The number of hydrogen-bond donors (Lipinski definition) is 2. The SMILES string of the molecule is CCNc1ccc(N)cc1C#N. The molecule has 1 rings (SSSR count). The zero-order valence-corrected chi connectivity index (χ0v) is 6.96. The van der Waals surface area contributed by atoms with Crippen molar-refractivity contribution in [3.05, 3.63) is 23.8 Å². The van der Waals surface area contributed by atoms with E-state index in [9.17, 15) is 0 Å². The Morgan fingerprint density at radius 2 is 2.33 bits per heavy atom. The first-order valence-corrected chi connectivity index (χ1v) is 3.81. The molecule has 0 aliphatic carbocycles. The summed E-state index contributed by atoms with van der Waals surface area (Å²) in [5.74, 6) is 0. The van der Waals surface area contributed by atoms with Gasteiger partial charge in [-0.1, -0.05) is 0 Å². The molecule has 0 aliphatic heterocycles. The average molecular weight is 161 g/mol. The van der Waals surface area contributed by atoms with Crippen molar-refractivity contribution in [2.24, 2.45) is 0 Å². The first-order chi connectivity index (χ1) is 5.77. The van der Waals surface area contributed by atoms with Gasteiger partial charge in [-0.2, -0.15) is 5.26 Å². The molecule has 3 heteroatoms. The maximum atomic E-state index is 8.72. The average Bonchev–Trinajstić information content (AvgIpc) is 2.08. The molecule has 0 unspecified atom stereocenters. The quantitative estimate of drug-likeness (QED) is 0.647. The number of rotatable bonds is 2. The fraction of sp³-hybridized carbons (Fsp3) is 0.222. The number of nitrogens with two attached hydrogens (primary N) is 1. The number of nitriles is 1. The Hall–Kier alpha value is -1.69. The highest BCUT2D eigenvalue weighted by atomic mass is 14.9. The van der Waals surface area contributed by atoms with Crippen LogP contribution in [0.3, 0.4) is 0 Å². The number of benzene rings is 1. The van der Waals surface area contributed by atoms with Crippen LogP contribution in [0.5, 0.6) is 0 Å². The van der Waals surface area contributed by atoms with Crippen LogP contribution in [0.25, 0.3) is 0 Å². The van der Waals surface area contributed by atoms with Gasteiger partial charge in [0.25, 0.3) is 0 Å². The molecule has 0 saturated carbocycles. The minimum Gasteiger partial charge on any atom is -0.399 e. The van der Waals surface area contributed by atoms with Gasteiger partial charge in [-0.05, 0) is 25.1 Å². The molecule has 0 heterocycles. The zero-order chi connectivity index (χ0) is 8.97. The van der Waals surface area contributed by atoms with Gasteiger partial charge in [-0.25, -0.2) is 0 Å². The second kappa shape index (κ2) is 3.63. The monoisotopic (exact) mass is 161 g/mol. The van der Waals surface area contributed by atoms with Gasteiger partial charge in [-0.15, -0.1) is 0 Å². The summed E-state index contributed by atoms with van der Waals surface area (Å²) in [6.07, 6.45) is 0. The Bertz CT molecular complexity index is 312. The van der Waals surface area contributed by atoms with Crippen LogP contribution in [-0.4, -0.2) is 6.54 Å². The lowest BCUT2D eigenvalue weighted by Crippen LogP contribution is -1.99. The molecule has 3 N–H and O–H groups in total. The molecule has 1 aromatic rings. The van der Waals surface area contributed by atoms with Crippen LogP contribution in [-0.2, 0) is 0 Å². The molecule has 12 heavy (non-hydrogen) atoms. The molecule has 0 saturated heterocycles. The summed E-state index contributed by atoms with van der Waals surface area (Å²) in [5.41, 5.74) is 7.58. The van der Waals surface area contributed by atoms with Gasteiger partial charge in [0.15, 0.2) is 0 Å². The lowest BCUT2D eigenvalue weighted by Gasteiger charge is -2.05. The highest BCUT2D eigenvalue weighted by molar-refractivity contribution is 5.62. The van der Waals surface area contributed by atoms with E-state index in [1.807, 2.05) is 13.0 Å². The molecule has 0 atom stereocenters. The summed E-state index contributed by atoms with van der Waals surface area (Å²) < 4.78 is 0. The molecule has 0 bridgehead atoms. The predicted molar refractivity (Wildman–Crippen MR) is 49.7 cm³/mol. The van der Waals surface area contributed by atoms with Gasteiger partial charge in [0, 0.05) is 12.2 Å². The standard InChI is InChI=1S/C9H11N3/c1-2-12-9-4-3-8(11)5-7(9)6-10/h3-5,12H,2,11H2,1H3. The summed E-state index contributed by atoms with van der Waals surface area (Å²) in [7, 11) is 0. The molecule has 0 aliphatic rings. The molecule has 0 radical (unpaired) electrons. The van der Waals surface area contributed by atoms with E-state index in [0.717, 1.165) is 12.2 Å². The van der Waals surface area contributed by atoms with E-state index in [1.165, 1.54) is 0 Å². The van der Waals surface area contributed by atoms with Crippen LogP contribution in [0.2, 0.25) is 0 Å². The third-order valence-corrected chi connectivity index (χ3v) is 1.53. The Balaban J connectivity index is 3.05. The van der Waals surface area contributed by atoms with E-state index in [-0.39, 0.29) is 0 Å². The Morgan fingerprint density at radius 1 is 1.58 bits per heavy atom. The van der Waals surface area contributed by atoms with E-state index in [4.69, 9.17) is 11.0 Å². The summed E-state index contributed by atoms with van der Waals surface area (Å²) in [6.45, 7) is 2.79. The van der Waals surface area contributed by atoms with Crippen LogP contribution >= 0.6 is 0 Å². The third-order valence-electron chi connectivity index (χ3n) is 1.53. The summed E-state index contributed by atoms with van der Waals surface area (Å²) in [4.78, 5) is 0. The molecule has 0 amide bonds. The minimum atomic E-state index is 0.594. The number of hydrogen-bond acceptors (Lipinski definition) is 3. The second-order valence-electron chi connectivity index (χ2n) is 2.45. The minimum absolute atomic E-state index is 0.594. The highest BCUT2D eigenvalue weighted by Gasteiger charge is 1.99. The summed E-state index contributed by atoms with van der Waals surface area (Å²) >= 11 is 0. The van der Waals surface area contributed by atoms with E-state index in [0.29, 0.717) is 11.3 Å². The first kappa shape index (κ1) is 8.41. The fourth-order valence-corrected chi connectivity index (χ4v) is 0.999. The predicted octanol–water partition coefficient (Wildman–Crippen LogP) is 1.57. The van der Waals surface area contributed by atoms with Crippen molar-refractivity contribution in [3.8, 4) is 6.07 Å². The van der Waals surface area contributed by atoms with Crippen molar-refractivity contribution in [3.63, 3.8) is 0 Å². The molecular weight excluding hydrogens is 150 g/mol. The second-order valence-corrected chi connectivity index (χ2v) is 2.45. The topological polar surface area (TPSA) is 61.8 Å².